The van der Waals surface area contributed by atoms with Gasteiger partial charge >= 0.3 is 0 Å². The number of benzene rings is 1. The number of ketones is 1. The van der Waals surface area contributed by atoms with Gasteiger partial charge in [-0.15, -0.1) is 5.10 Å². The summed E-state index contributed by atoms with van der Waals surface area (Å²) in [5.41, 5.74) is 0.285. The van der Waals surface area contributed by atoms with E-state index in [1.54, 1.807) is 18.5 Å². The number of aromatic nitrogens is 4. The van der Waals surface area contributed by atoms with Crippen LogP contribution in [0, 0.1) is 5.82 Å². The molecule has 3 aromatic rings. The van der Waals surface area contributed by atoms with E-state index in [2.05, 4.69) is 15.1 Å². The maximum Gasteiger partial charge on any atom is 0.253 e. The Morgan fingerprint density at radius 1 is 1.45 bits per heavy atom. The van der Waals surface area contributed by atoms with Crippen LogP contribution < -0.4 is 4.74 Å². The minimum atomic E-state index is -0.562. The molecule has 0 unspecified atom stereocenters. The third-order valence-electron chi connectivity index (χ3n) is 2.90. The molecule has 8 heteroatoms. The summed E-state index contributed by atoms with van der Waals surface area (Å²) < 4.78 is 19.9. The standard InChI is InChI=1S/C14H11FN4O2S/c1-21-12-4-3-9(7-10(12)15)11(20)8-22-14-17-13-16-5-2-6-19(13)18-14/h2-7H,8H2,1H3. The molecule has 0 saturated carbocycles. The molecule has 22 heavy (non-hydrogen) atoms. The Hall–Kier alpha value is -2.48. The Morgan fingerprint density at radius 3 is 3.05 bits per heavy atom. The van der Waals surface area contributed by atoms with Crippen LogP contribution in [-0.2, 0) is 0 Å². The molecular formula is C14H11FN4O2S. The third-order valence-corrected chi connectivity index (χ3v) is 3.74. The van der Waals surface area contributed by atoms with Gasteiger partial charge in [0.05, 0.1) is 12.9 Å². The molecule has 1 aromatic carbocycles. The van der Waals surface area contributed by atoms with Crippen molar-refractivity contribution in [2.45, 2.75) is 5.16 Å². The average molecular weight is 318 g/mol. The predicted octanol–water partition coefficient (Wildman–Crippen LogP) is 2.25. The van der Waals surface area contributed by atoms with Crippen molar-refractivity contribution in [3.8, 4) is 5.75 Å². The van der Waals surface area contributed by atoms with Crippen LogP contribution in [-0.4, -0.2) is 38.2 Å². The second kappa shape index (κ2) is 6.10. The second-order valence-corrected chi connectivity index (χ2v) is 5.26. The monoisotopic (exact) mass is 318 g/mol. The van der Waals surface area contributed by atoms with Gasteiger partial charge in [-0.2, -0.15) is 4.98 Å². The summed E-state index contributed by atoms with van der Waals surface area (Å²) in [5, 5.41) is 4.63. The molecule has 0 radical (unpaired) electrons. The molecule has 2 aromatic heterocycles. The van der Waals surface area contributed by atoms with Gasteiger partial charge in [0.15, 0.2) is 17.3 Å². The van der Waals surface area contributed by atoms with Crippen LogP contribution in [0.15, 0.2) is 41.8 Å². The fourth-order valence-corrected chi connectivity index (χ4v) is 2.55. The van der Waals surface area contributed by atoms with E-state index >= 15 is 0 Å². The molecule has 2 heterocycles. The number of carbonyl (C=O) groups is 1. The van der Waals surface area contributed by atoms with Crippen LogP contribution >= 0.6 is 11.8 Å². The molecule has 0 fully saturated rings. The zero-order valence-corrected chi connectivity index (χ0v) is 12.4. The van der Waals surface area contributed by atoms with Crippen molar-refractivity contribution in [3.63, 3.8) is 0 Å². The van der Waals surface area contributed by atoms with Crippen molar-refractivity contribution in [1.29, 1.82) is 0 Å². The number of fused-ring (bicyclic) bond motifs is 1. The highest BCUT2D eigenvalue weighted by Gasteiger charge is 2.12. The number of hydrogen-bond donors (Lipinski definition) is 0. The first-order valence-corrected chi connectivity index (χ1v) is 7.33. The number of thioether (sulfide) groups is 1. The van der Waals surface area contributed by atoms with Crippen LogP contribution in [0.1, 0.15) is 10.4 Å². The summed E-state index contributed by atoms with van der Waals surface area (Å²) in [6, 6.07) is 5.87. The highest BCUT2D eigenvalue weighted by Crippen LogP contribution is 2.20. The molecule has 0 N–H and O–H groups in total. The molecule has 0 aliphatic heterocycles. The minimum Gasteiger partial charge on any atom is -0.494 e. The van der Waals surface area contributed by atoms with E-state index in [0.717, 1.165) is 0 Å². The summed E-state index contributed by atoms with van der Waals surface area (Å²) in [6.45, 7) is 0. The van der Waals surface area contributed by atoms with Crippen LogP contribution in [0.4, 0.5) is 4.39 Å². The Bertz CT molecular complexity index is 804. The summed E-state index contributed by atoms with van der Waals surface area (Å²) in [7, 11) is 1.37. The molecule has 112 valence electrons. The van der Waals surface area contributed by atoms with E-state index in [-0.39, 0.29) is 22.8 Å². The van der Waals surface area contributed by atoms with Crippen molar-refractivity contribution in [1.82, 2.24) is 19.6 Å². The van der Waals surface area contributed by atoms with Crippen molar-refractivity contribution in [2.75, 3.05) is 12.9 Å². The number of hydrogen-bond acceptors (Lipinski definition) is 6. The predicted molar refractivity (Wildman–Crippen MR) is 78.8 cm³/mol. The van der Waals surface area contributed by atoms with Crippen molar-refractivity contribution >= 4 is 23.3 Å². The van der Waals surface area contributed by atoms with Crippen LogP contribution in [0.25, 0.3) is 5.78 Å². The number of carbonyl (C=O) groups excluding carboxylic acids is 1. The quantitative estimate of drug-likeness (QED) is 0.531. The molecule has 6 nitrogen and oxygen atoms in total. The molecule has 0 atom stereocenters. The van der Waals surface area contributed by atoms with Gasteiger partial charge in [-0.1, -0.05) is 11.8 Å². The van der Waals surface area contributed by atoms with Crippen molar-refractivity contribution in [3.05, 3.63) is 48.0 Å². The first-order chi connectivity index (χ1) is 10.7. The lowest BCUT2D eigenvalue weighted by atomic mass is 10.1. The normalized spacial score (nSPS) is 10.8. The largest absolute Gasteiger partial charge is 0.494 e. The molecule has 0 bridgehead atoms. The maximum atomic E-state index is 13.6. The number of rotatable bonds is 5. The van der Waals surface area contributed by atoms with Crippen molar-refractivity contribution < 1.29 is 13.9 Å². The van der Waals surface area contributed by atoms with Gasteiger partial charge in [-0.3, -0.25) is 4.79 Å². The van der Waals surface area contributed by atoms with E-state index in [1.165, 1.54) is 41.6 Å². The zero-order valence-electron chi connectivity index (χ0n) is 11.6. The van der Waals surface area contributed by atoms with Gasteiger partial charge in [0, 0.05) is 18.0 Å². The minimum absolute atomic E-state index is 0.109. The van der Waals surface area contributed by atoms with Gasteiger partial charge in [-0.05, 0) is 24.3 Å². The first kappa shape index (κ1) is 14.5. The molecule has 0 aliphatic carbocycles. The van der Waals surface area contributed by atoms with E-state index < -0.39 is 5.82 Å². The van der Waals surface area contributed by atoms with E-state index in [1.807, 2.05) is 0 Å². The lowest BCUT2D eigenvalue weighted by molar-refractivity contribution is 0.102. The van der Waals surface area contributed by atoms with Crippen LogP contribution in [0.5, 0.6) is 5.75 Å². The topological polar surface area (TPSA) is 69.4 Å². The van der Waals surface area contributed by atoms with E-state index in [4.69, 9.17) is 4.74 Å². The number of ether oxygens (including phenoxy) is 1. The molecule has 0 amide bonds. The molecular weight excluding hydrogens is 307 g/mol. The fraction of sp³-hybridized carbons (Fsp3) is 0.143. The molecule has 0 saturated heterocycles. The number of halogens is 1. The van der Waals surface area contributed by atoms with Gasteiger partial charge in [0.2, 0.25) is 5.16 Å². The van der Waals surface area contributed by atoms with E-state index in [0.29, 0.717) is 10.9 Å². The smallest absolute Gasteiger partial charge is 0.253 e. The number of methoxy groups -OCH3 is 1. The summed E-state index contributed by atoms with van der Waals surface area (Å²) in [6.07, 6.45) is 3.34. The first-order valence-electron chi connectivity index (χ1n) is 6.34. The maximum absolute atomic E-state index is 13.6. The van der Waals surface area contributed by atoms with Crippen LogP contribution in [0.2, 0.25) is 0 Å². The van der Waals surface area contributed by atoms with Gasteiger partial charge in [0.25, 0.3) is 5.78 Å². The Kier molecular flexibility index (Phi) is 4.01. The molecule has 3 rings (SSSR count). The highest BCUT2D eigenvalue weighted by molar-refractivity contribution is 7.99. The summed E-state index contributed by atoms with van der Waals surface area (Å²) >= 11 is 1.18. The molecule has 0 spiro atoms. The Balaban J connectivity index is 1.70. The average Bonchev–Trinajstić information content (AvgIpc) is 2.95. The zero-order chi connectivity index (χ0) is 15.5. The summed E-state index contributed by atoms with van der Waals surface area (Å²) in [4.78, 5) is 20.3. The number of nitrogens with zero attached hydrogens (tertiary/aromatic N) is 4. The number of Topliss-reactive ketones (excluding diaryl/α,β-unsaturated/α-hetero) is 1. The highest BCUT2D eigenvalue weighted by atomic mass is 32.2. The summed E-state index contributed by atoms with van der Waals surface area (Å²) in [5.74, 6) is -0.0835. The second-order valence-electron chi connectivity index (χ2n) is 4.32. The van der Waals surface area contributed by atoms with Gasteiger partial charge in [-0.25, -0.2) is 13.9 Å². The lowest BCUT2D eigenvalue weighted by Crippen LogP contribution is -2.03. The van der Waals surface area contributed by atoms with E-state index in [9.17, 15) is 9.18 Å². The Morgan fingerprint density at radius 2 is 2.32 bits per heavy atom. The Labute approximate surface area is 129 Å². The fourth-order valence-electron chi connectivity index (χ4n) is 1.83. The lowest BCUT2D eigenvalue weighted by Gasteiger charge is -2.03. The van der Waals surface area contributed by atoms with Gasteiger partial charge < -0.3 is 4.74 Å². The van der Waals surface area contributed by atoms with Crippen LogP contribution in [0.3, 0.4) is 0 Å². The third kappa shape index (κ3) is 2.91. The molecule has 0 aliphatic rings. The van der Waals surface area contributed by atoms with Crippen molar-refractivity contribution in [2.24, 2.45) is 0 Å². The van der Waals surface area contributed by atoms with Gasteiger partial charge in [0.1, 0.15) is 0 Å². The SMILES string of the molecule is COc1ccc(C(=O)CSc2nc3ncccn3n2)cc1F.